The molecule has 0 radical (unpaired) electrons. The third-order valence-electron chi connectivity index (χ3n) is 8.79. The lowest BCUT2D eigenvalue weighted by molar-refractivity contribution is -0.117. The van der Waals surface area contributed by atoms with Gasteiger partial charge in [-0.3, -0.25) is 10.1 Å². The van der Waals surface area contributed by atoms with Crippen LogP contribution in [0.2, 0.25) is 0 Å². The number of carbonyl (C=O) groups excluding carboxylic acids is 2. The molecule has 4 aromatic rings. The molecule has 4 N–H and O–H groups in total. The number of anilines is 3. The molecule has 2 aliphatic heterocycles. The van der Waals surface area contributed by atoms with Gasteiger partial charge in [0.1, 0.15) is 18.1 Å². The van der Waals surface area contributed by atoms with Crippen LogP contribution in [0.15, 0.2) is 84.9 Å². The molecule has 0 bridgehead atoms. The topological polar surface area (TPSA) is 115 Å². The summed E-state index contributed by atoms with van der Waals surface area (Å²) in [6.07, 6.45) is 0.00987. The van der Waals surface area contributed by atoms with Crippen molar-refractivity contribution in [1.29, 1.82) is 0 Å². The van der Waals surface area contributed by atoms with Crippen LogP contribution in [0.4, 0.5) is 21.9 Å². The molecule has 0 aliphatic carbocycles. The molecule has 2 aliphatic rings. The van der Waals surface area contributed by atoms with Gasteiger partial charge in [-0.25, -0.2) is 4.79 Å². The molecule has 1 spiro atoms. The van der Waals surface area contributed by atoms with E-state index in [-0.39, 0.29) is 12.5 Å². The van der Waals surface area contributed by atoms with Gasteiger partial charge in [-0.15, -0.1) is 0 Å². The maximum absolute atomic E-state index is 12.9. The highest BCUT2D eigenvalue weighted by molar-refractivity contribution is 5.94. The smallest absolute Gasteiger partial charge is 0.411 e. The van der Waals surface area contributed by atoms with E-state index in [1.165, 1.54) is 0 Å². The Bertz CT molecular complexity index is 1770. The summed E-state index contributed by atoms with van der Waals surface area (Å²) in [6, 6.07) is 26.8. The fourth-order valence-corrected chi connectivity index (χ4v) is 6.45. The monoisotopic (exact) mass is 634 g/mol. The fraction of sp³-hybridized carbons (Fsp3) is 0.316. The van der Waals surface area contributed by atoms with Gasteiger partial charge in [0.25, 0.3) is 0 Å². The van der Waals surface area contributed by atoms with Crippen LogP contribution in [0.3, 0.4) is 0 Å². The van der Waals surface area contributed by atoms with Crippen LogP contribution < -0.4 is 26.0 Å². The average molecular weight is 635 g/mol. The lowest BCUT2D eigenvalue weighted by Gasteiger charge is -2.38. The number of fused-ring (bicyclic) bond motifs is 6. The number of ether oxygens (including phenoxy) is 3. The normalized spacial score (nSPS) is 16.5. The van der Waals surface area contributed by atoms with E-state index >= 15 is 0 Å². The zero-order valence-corrected chi connectivity index (χ0v) is 27.3. The first-order valence-electron chi connectivity index (χ1n) is 16.2. The van der Waals surface area contributed by atoms with Crippen molar-refractivity contribution in [2.75, 3.05) is 28.6 Å². The van der Waals surface area contributed by atoms with Crippen molar-refractivity contribution in [2.24, 2.45) is 11.7 Å². The molecule has 6 rings (SSSR count). The minimum atomic E-state index is -0.828. The Labute approximate surface area is 276 Å². The molecule has 0 aromatic heterocycles. The van der Waals surface area contributed by atoms with Gasteiger partial charge in [0.15, 0.2) is 5.60 Å². The molecular formula is C38H42N4O5. The number of nitrogens with zero attached hydrogens (tertiary/aromatic N) is 1. The molecular weight excluding hydrogens is 592 g/mol. The van der Waals surface area contributed by atoms with Crippen LogP contribution in [-0.4, -0.2) is 31.1 Å². The highest BCUT2D eigenvalue weighted by Gasteiger charge is 2.49. The molecule has 0 saturated heterocycles. The Morgan fingerprint density at radius 1 is 0.872 bits per heavy atom. The third-order valence-corrected chi connectivity index (χ3v) is 8.79. The van der Waals surface area contributed by atoms with Crippen molar-refractivity contribution in [2.45, 2.75) is 59.0 Å². The second kappa shape index (κ2) is 13.5. The summed E-state index contributed by atoms with van der Waals surface area (Å²) < 4.78 is 18.7. The quantitative estimate of drug-likeness (QED) is 0.165. The highest BCUT2D eigenvalue weighted by atomic mass is 16.5. The third kappa shape index (κ3) is 6.41. The molecule has 2 heterocycles. The van der Waals surface area contributed by atoms with E-state index in [0.29, 0.717) is 36.1 Å². The van der Waals surface area contributed by atoms with Crippen molar-refractivity contribution in [3.8, 4) is 11.5 Å². The Kier molecular flexibility index (Phi) is 9.20. The molecule has 1 unspecified atom stereocenters. The van der Waals surface area contributed by atoms with Crippen LogP contribution >= 0.6 is 0 Å². The van der Waals surface area contributed by atoms with Gasteiger partial charge < -0.3 is 30.2 Å². The Morgan fingerprint density at radius 2 is 1.55 bits per heavy atom. The standard InChI is InChI=1S/C38H42N4O5/c1-5-42(6-2)29-16-18-32-35(21-29)47-34-20-28(15-17-31(34)38(32)30-10-8-7-9-26(30)23-46-38)41-37(44)45-22-25-11-13-27(14-12-25)40-36(43)33(39)19-24(3)4/h7-18,20-21,24,33H,5-6,19,22-23,39H2,1-4H3,(H,40,43)(H,41,44)/t33-,38?/m0/s1. The first kappa shape index (κ1) is 32.1. The molecule has 9 heteroatoms. The molecule has 0 fully saturated rings. The van der Waals surface area contributed by atoms with Crippen molar-refractivity contribution < 1.29 is 23.8 Å². The Balaban J connectivity index is 1.18. The lowest BCUT2D eigenvalue weighted by Crippen LogP contribution is -2.36. The summed E-state index contributed by atoms with van der Waals surface area (Å²) in [5.74, 6) is 1.43. The number of nitrogens with two attached hydrogens (primary N) is 1. The number of rotatable bonds is 10. The molecule has 47 heavy (non-hydrogen) atoms. The number of benzene rings is 4. The van der Waals surface area contributed by atoms with Gasteiger partial charge in [0.05, 0.1) is 12.6 Å². The van der Waals surface area contributed by atoms with Gasteiger partial charge in [-0.05, 0) is 79.3 Å². The average Bonchev–Trinajstić information content (AvgIpc) is 3.44. The van der Waals surface area contributed by atoms with Crippen LogP contribution in [0, 0.1) is 5.92 Å². The number of carbonyl (C=O) groups is 2. The van der Waals surface area contributed by atoms with Crippen LogP contribution in [0.1, 0.15) is 61.9 Å². The maximum atomic E-state index is 12.9. The van der Waals surface area contributed by atoms with Crippen molar-refractivity contribution in [3.05, 3.63) is 113 Å². The van der Waals surface area contributed by atoms with Gasteiger partial charge in [0, 0.05) is 53.4 Å². The predicted molar refractivity (Wildman–Crippen MR) is 184 cm³/mol. The zero-order valence-electron chi connectivity index (χ0n) is 27.3. The van der Waals surface area contributed by atoms with Gasteiger partial charge in [-0.1, -0.05) is 50.2 Å². The summed E-state index contributed by atoms with van der Waals surface area (Å²) in [6.45, 7) is 10.6. The Hall–Kier alpha value is -4.86. The second-order valence-corrected chi connectivity index (χ2v) is 12.4. The second-order valence-electron chi connectivity index (χ2n) is 12.4. The van der Waals surface area contributed by atoms with E-state index in [0.717, 1.165) is 52.3 Å². The van der Waals surface area contributed by atoms with Crippen molar-refractivity contribution in [3.63, 3.8) is 0 Å². The van der Waals surface area contributed by atoms with Crippen molar-refractivity contribution in [1.82, 2.24) is 0 Å². The molecule has 244 valence electrons. The van der Waals surface area contributed by atoms with Crippen LogP contribution in [0.5, 0.6) is 11.5 Å². The lowest BCUT2D eigenvalue weighted by atomic mass is 9.77. The minimum Gasteiger partial charge on any atom is -0.456 e. The van der Waals surface area contributed by atoms with E-state index < -0.39 is 17.7 Å². The van der Waals surface area contributed by atoms with E-state index in [2.05, 4.69) is 59.7 Å². The van der Waals surface area contributed by atoms with Crippen molar-refractivity contribution >= 4 is 29.1 Å². The first-order valence-corrected chi connectivity index (χ1v) is 16.2. The number of amides is 2. The molecule has 4 aromatic carbocycles. The van der Waals surface area contributed by atoms with E-state index in [1.807, 2.05) is 44.2 Å². The summed E-state index contributed by atoms with van der Waals surface area (Å²) in [4.78, 5) is 27.5. The van der Waals surface area contributed by atoms with Gasteiger partial charge in [0.2, 0.25) is 5.91 Å². The van der Waals surface area contributed by atoms with Crippen LogP contribution in [-0.2, 0) is 33.1 Å². The van der Waals surface area contributed by atoms with Crippen LogP contribution in [0.25, 0.3) is 0 Å². The SMILES string of the molecule is CCN(CC)c1ccc2c(c1)Oc1cc(NC(=O)OCc3ccc(NC(=O)[C@@H](N)CC(C)C)cc3)ccc1C21OCc2ccccc21. The fourth-order valence-electron chi connectivity index (χ4n) is 6.45. The number of hydrogen-bond acceptors (Lipinski definition) is 7. The predicted octanol–water partition coefficient (Wildman–Crippen LogP) is 7.52. The summed E-state index contributed by atoms with van der Waals surface area (Å²) in [5.41, 5.74) is 12.2. The largest absolute Gasteiger partial charge is 0.456 e. The summed E-state index contributed by atoms with van der Waals surface area (Å²) in [7, 11) is 0. The Morgan fingerprint density at radius 3 is 2.28 bits per heavy atom. The summed E-state index contributed by atoms with van der Waals surface area (Å²) in [5, 5.41) is 5.67. The van der Waals surface area contributed by atoms with Gasteiger partial charge in [-0.2, -0.15) is 0 Å². The molecule has 2 amide bonds. The van der Waals surface area contributed by atoms with Gasteiger partial charge >= 0.3 is 6.09 Å². The molecule has 0 saturated carbocycles. The maximum Gasteiger partial charge on any atom is 0.411 e. The first-order chi connectivity index (χ1) is 22.7. The minimum absolute atomic E-state index is 0.0591. The molecule has 2 atom stereocenters. The highest BCUT2D eigenvalue weighted by Crippen LogP contribution is 2.56. The van der Waals surface area contributed by atoms with E-state index in [4.69, 9.17) is 19.9 Å². The molecule has 9 nitrogen and oxygen atoms in total. The van der Waals surface area contributed by atoms with E-state index in [1.54, 1.807) is 24.3 Å². The number of nitrogens with one attached hydrogen (secondary N) is 2. The summed E-state index contributed by atoms with van der Waals surface area (Å²) >= 11 is 0. The zero-order chi connectivity index (χ0) is 33.1. The number of hydrogen-bond donors (Lipinski definition) is 3. The van der Waals surface area contributed by atoms with E-state index in [9.17, 15) is 9.59 Å².